The molecular weight excluding hydrogens is 264 g/mol. The minimum Gasteiger partial charge on any atom is -0.0999 e. The number of allylic oxidation sites excluding steroid dienone is 2. The maximum atomic E-state index is 4.25. The van der Waals surface area contributed by atoms with E-state index in [0.717, 1.165) is 0 Å². The zero-order valence-electron chi connectivity index (χ0n) is 15.7. The van der Waals surface area contributed by atoms with E-state index < -0.39 is 0 Å². The molecule has 0 saturated heterocycles. The van der Waals surface area contributed by atoms with Crippen molar-refractivity contribution < 1.29 is 0 Å². The molecule has 0 heteroatoms. The van der Waals surface area contributed by atoms with Crippen molar-refractivity contribution in [2.24, 2.45) is 0 Å². The largest absolute Gasteiger partial charge is 0.0999 e. The first kappa shape index (κ1) is 21.5. The molecule has 0 heterocycles. The lowest BCUT2D eigenvalue weighted by molar-refractivity contribution is 0.595. The molecule has 22 heavy (non-hydrogen) atoms. The number of rotatable bonds is 17. The molecule has 0 amide bonds. The summed E-state index contributed by atoms with van der Waals surface area (Å²) in [6, 6.07) is 0. The predicted octanol–water partition coefficient (Wildman–Crippen LogP) is 8.38. The number of hydrogen-bond acceptors (Lipinski definition) is 0. The van der Waals surface area contributed by atoms with Gasteiger partial charge in [0, 0.05) is 0 Å². The van der Waals surface area contributed by atoms with E-state index in [2.05, 4.69) is 27.0 Å². The van der Waals surface area contributed by atoms with Gasteiger partial charge in [0.15, 0.2) is 0 Å². The third kappa shape index (κ3) is 15.9. The summed E-state index contributed by atoms with van der Waals surface area (Å²) in [5.74, 6) is 0. The number of unbranched alkanes of at least 4 members (excludes halogenated alkanes) is 10. The highest BCUT2D eigenvalue weighted by Crippen LogP contribution is 2.19. The van der Waals surface area contributed by atoms with Crippen LogP contribution in [-0.4, -0.2) is 0 Å². The Morgan fingerprint density at radius 3 is 1.14 bits per heavy atom. The van der Waals surface area contributed by atoms with Crippen molar-refractivity contribution >= 4 is 0 Å². The van der Waals surface area contributed by atoms with Crippen molar-refractivity contribution in [3.63, 3.8) is 0 Å². The van der Waals surface area contributed by atoms with Gasteiger partial charge in [-0.2, -0.15) is 0 Å². The maximum Gasteiger partial charge on any atom is -0.0286 e. The Balaban J connectivity index is 3.36. The van der Waals surface area contributed by atoms with Crippen LogP contribution in [0.2, 0.25) is 0 Å². The third-order valence-electron chi connectivity index (χ3n) is 4.60. The van der Waals surface area contributed by atoms with Crippen molar-refractivity contribution in [1.82, 2.24) is 0 Å². The van der Waals surface area contributed by atoms with E-state index >= 15 is 0 Å². The lowest BCUT2D eigenvalue weighted by Crippen LogP contribution is -1.88. The second-order valence-electron chi connectivity index (χ2n) is 7.04. The minimum absolute atomic E-state index is 1.17. The summed E-state index contributed by atoms with van der Waals surface area (Å²) in [5.41, 5.74) is 2.89. The molecule has 0 atom stereocenters. The lowest BCUT2D eigenvalue weighted by Gasteiger charge is -2.08. The Bertz CT molecular complexity index is 233. The van der Waals surface area contributed by atoms with E-state index in [1.54, 1.807) is 0 Å². The van der Waals surface area contributed by atoms with Crippen molar-refractivity contribution in [3.05, 3.63) is 24.3 Å². The van der Waals surface area contributed by atoms with Crippen molar-refractivity contribution in [1.29, 1.82) is 0 Å². The van der Waals surface area contributed by atoms with E-state index in [1.807, 2.05) is 0 Å². The highest BCUT2D eigenvalue weighted by atomic mass is 14.1. The quantitative estimate of drug-likeness (QED) is 0.187. The normalized spacial score (nSPS) is 10.8. The van der Waals surface area contributed by atoms with Crippen LogP contribution in [0.5, 0.6) is 0 Å². The van der Waals surface area contributed by atoms with Crippen LogP contribution in [0.15, 0.2) is 24.3 Å². The molecule has 0 saturated carbocycles. The smallest absolute Gasteiger partial charge is 0.0286 e. The van der Waals surface area contributed by atoms with Gasteiger partial charge in [-0.1, -0.05) is 102 Å². The molecular formula is C22H42. The fourth-order valence-electron chi connectivity index (χ4n) is 2.91. The SMILES string of the molecule is C=C(CCCCCCCC)CCC(=C)CCCCCCCC. The summed E-state index contributed by atoms with van der Waals surface area (Å²) in [6.07, 6.45) is 21.4. The van der Waals surface area contributed by atoms with E-state index in [1.165, 1.54) is 114 Å². The van der Waals surface area contributed by atoms with E-state index in [0.29, 0.717) is 0 Å². The Hall–Kier alpha value is -0.520. The van der Waals surface area contributed by atoms with Gasteiger partial charge in [-0.15, -0.1) is 0 Å². The average Bonchev–Trinajstić information content (AvgIpc) is 2.52. The minimum atomic E-state index is 1.17. The van der Waals surface area contributed by atoms with Crippen molar-refractivity contribution in [3.8, 4) is 0 Å². The maximum absolute atomic E-state index is 4.25. The van der Waals surface area contributed by atoms with Gasteiger partial charge in [0.2, 0.25) is 0 Å². The predicted molar refractivity (Wildman–Crippen MR) is 104 cm³/mol. The van der Waals surface area contributed by atoms with Crippen LogP contribution < -0.4 is 0 Å². The summed E-state index contributed by atoms with van der Waals surface area (Å²) in [7, 11) is 0. The van der Waals surface area contributed by atoms with Crippen molar-refractivity contribution in [2.75, 3.05) is 0 Å². The van der Waals surface area contributed by atoms with Gasteiger partial charge in [-0.05, 0) is 38.5 Å². The van der Waals surface area contributed by atoms with Gasteiger partial charge in [-0.3, -0.25) is 0 Å². The molecule has 0 aromatic rings. The molecule has 0 aliphatic carbocycles. The lowest BCUT2D eigenvalue weighted by atomic mass is 9.98. The van der Waals surface area contributed by atoms with Crippen LogP contribution >= 0.6 is 0 Å². The zero-order valence-corrected chi connectivity index (χ0v) is 15.7. The third-order valence-corrected chi connectivity index (χ3v) is 4.60. The van der Waals surface area contributed by atoms with E-state index in [9.17, 15) is 0 Å². The first-order chi connectivity index (χ1) is 10.7. The Morgan fingerprint density at radius 1 is 0.455 bits per heavy atom. The summed E-state index contributed by atoms with van der Waals surface area (Å²) >= 11 is 0. The molecule has 0 spiro atoms. The van der Waals surface area contributed by atoms with Crippen LogP contribution in [0.4, 0.5) is 0 Å². The molecule has 0 rings (SSSR count). The molecule has 0 unspecified atom stereocenters. The highest BCUT2D eigenvalue weighted by molar-refractivity contribution is 5.02. The van der Waals surface area contributed by atoms with Gasteiger partial charge < -0.3 is 0 Å². The summed E-state index contributed by atoms with van der Waals surface area (Å²) in [4.78, 5) is 0. The van der Waals surface area contributed by atoms with Gasteiger partial charge in [0.1, 0.15) is 0 Å². The molecule has 130 valence electrons. The average molecular weight is 307 g/mol. The van der Waals surface area contributed by atoms with E-state index in [-0.39, 0.29) is 0 Å². The molecule has 0 N–H and O–H groups in total. The monoisotopic (exact) mass is 306 g/mol. The van der Waals surface area contributed by atoms with Gasteiger partial charge in [0.25, 0.3) is 0 Å². The zero-order chi connectivity index (χ0) is 16.5. The highest BCUT2D eigenvalue weighted by Gasteiger charge is 2.00. The molecule has 0 aromatic carbocycles. The van der Waals surface area contributed by atoms with Crippen LogP contribution in [0, 0.1) is 0 Å². The Morgan fingerprint density at radius 2 is 0.773 bits per heavy atom. The molecule has 0 bridgehead atoms. The van der Waals surface area contributed by atoms with Gasteiger partial charge >= 0.3 is 0 Å². The summed E-state index contributed by atoms with van der Waals surface area (Å²) < 4.78 is 0. The van der Waals surface area contributed by atoms with E-state index in [4.69, 9.17) is 0 Å². The molecule has 0 aromatic heterocycles. The van der Waals surface area contributed by atoms with Gasteiger partial charge in [0.05, 0.1) is 0 Å². The first-order valence-corrected chi connectivity index (χ1v) is 10.0. The summed E-state index contributed by atoms with van der Waals surface area (Å²) in [5, 5.41) is 0. The summed E-state index contributed by atoms with van der Waals surface area (Å²) in [6.45, 7) is 13.1. The van der Waals surface area contributed by atoms with Gasteiger partial charge in [-0.25, -0.2) is 0 Å². The first-order valence-electron chi connectivity index (χ1n) is 10.0. The molecule has 0 fully saturated rings. The number of hydrogen-bond donors (Lipinski definition) is 0. The topological polar surface area (TPSA) is 0 Å². The molecule has 0 aliphatic rings. The van der Waals surface area contributed by atoms with Crippen LogP contribution in [0.3, 0.4) is 0 Å². The van der Waals surface area contributed by atoms with Crippen LogP contribution in [0.1, 0.15) is 117 Å². The standard InChI is InChI=1S/C22H42/c1-5-7-9-11-13-15-17-21(3)19-20-22(4)18-16-14-12-10-8-6-2/h3-20H2,1-2H3. The Labute approximate surface area is 141 Å². The second-order valence-corrected chi connectivity index (χ2v) is 7.04. The fourth-order valence-corrected chi connectivity index (χ4v) is 2.91. The molecule has 0 nitrogen and oxygen atoms in total. The molecule has 0 aliphatic heterocycles. The Kier molecular flexibility index (Phi) is 16.4. The van der Waals surface area contributed by atoms with Crippen LogP contribution in [0.25, 0.3) is 0 Å². The van der Waals surface area contributed by atoms with Crippen LogP contribution in [-0.2, 0) is 0 Å². The fraction of sp³-hybridized carbons (Fsp3) is 0.818. The van der Waals surface area contributed by atoms with Crippen molar-refractivity contribution in [2.45, 2.75) is 117 Å². The second kappa shape index (κ2) is 16.8. The molecule has 0 radical (unpaired) electrons.